The summed E-state index contributed by atoms with van der Waals surface area (Å²) in [6.07, 6.45) is 1.16. The molecule has 2 amide bonds. The molecule has 3 aliphatic heterocycles. The van der Waals surface area contributed by atoms with Crippen LogP contribution < -0.4 is 9.04 Å². The number of rotatable bonds is 7. The molecule has 6 rings (SSSR count). The molecule has 0 saturated carbocycles. The first-order valence-corrected chi connectivity index (χ1v) is 17.2. The number of anilines is 1. The van der Waals surface area contributed by atoms with Crippen molar-refractivity contribution in [3.05, 3.63) is 89.0 Å². The van der Waals surface area contributed by atoms with Gasteiger partial charge in [0.15, 0.2) is 0 Å². The van der Waals surface area contributed by atoms with Crippen molar-refractivity contribution < 1.29 is 36.3 Å². The third kappa shape index (κ3) is 5.76. The Kier molecular flexibility index (Phi) is 9.12. The predicted molar refractivity (Wildman–Crippen MR) is 171 cm³/mol. The SMILES string of the molecule is CCOc1ccccc1C1(OC(=O)N2CCN(C3CCN(C)CC3)CC2)C(=O)N(S(=O)(=O)c2ccc(F)cc2F)c2ccc(C#N)cc21. The van der Waals surface area contributed by atoms with Crippen molar-refractivity contribution in [2.75, 3.05) is 57.2 Å². The number of carbonyl (C=O) groups excluding carboxylic acids is 2. The molecule has 2 fully saturated rings. The lowest BCUT2D eigenvalue weighted by Gasteiger charge is -2.42. The molecule has 11 nitrogen and oxygen atoms in total. The molecule has 0 aliphatic carbocycles. The minimum atomic E-state index is -5.05. The van der Waals surface area contributed by atoms with E-state index >= 15 is 4.39 Å². The van der Waals surface area contributed by atoms with Gasteiger partial charge in [-0.05, 0) is 76.3 Å². The second-order valence-electron chi connectivity index (χ2n) is 12.0. The van der Waals surface area contributed by atoms with Gasteiger partial charge in [0.25, 0.3) is 15.9 Å². The molecule has 0 bridgehead atoms. The van der Waals surface area contributed by atoms with E-state index in [1.54, 1.807) is 25.1 Å². The summed E-state index contributed by atoms with van der Waals surface area (Å²) in [6, 6.07) is 14.3. The van der Waals surface area contributed by atoms with Crippen molar-refractivity contribution in [1.82, 2.24) is 14.7 Å². The Balaban J connectivity index is 1.44. The first-order valence-electron chi connectivity index (χ1n) is 15.7. The van der Waals surface area contributed by atoms with E-state index < -0.39 is 44.2 Å². The topological polar surface area (TPSA) is 123 Å². The first-order chi connectivity index (χ1) is 23.0. The van der Waals surface area contributed by atoms with E-state index in [1.807, 2.05) is 6.07 Å². The molecule has 252 valence electrons. The molecule has 2 saturated heterocycles. The van der Waals surface area contributed by atoms with E-state index in [1.165, 1.54) is 29.2 Å². The first kappa shape index (κ1) is 33.3. The maximum Gasteiger partial charge on any atom is 0.411 e. The highest BCUT2D eigenvalue weighted by Crippen LogP contribution is 2.52. The Bertz CT molecular complexity index is 1890. The monoisotopic (exact) mass is 679 g/mol. The molecule has 0 spiro atoms. The van der Waals surface area contributed by atoms with E-state index in [-0.39, 0.29) is 34.7 Å². The number of para-hydroxylation sites is 1. The predicted octanol–water partition coefficient (Wildman–Crippen LogP) is 4.06. The summed E-state index contributed by atoms with van der Waals surface area (Å²) in [6.45, 7) is 5.61. The Morgan fingerprint density at radius 3 is 2.35 bits per heavy atom. The molecule has 14 heteroatoms. The van der Waals surface area contributed by atoms with Crippen LogP contribution in [0.25, 0.3) is 0 Å². The van der Waals surface area contributed by atoms with Gasteiger partial charge in [-0.15, -0.1) is 0 Å². The third-order valence-corrected chi connectivity index (χ3v) is 10.9. The zero-order chi connectivity index (χ0) is 34.2. The van der Waals surface area contributed by atoms with Crippen LogP contribution in [0.15, 0.2) is 65.6 Å². The molecule has 0 aromatic heterocycles. The number of sulfonamides is 1. The van der Waals surface area contributed by atoms with Gasteiger partial charge in [0.05, 0.1) is 29.5 Å². The maximum absolute atomic E-state index is 15.0. The summed E-state index contributed by atoms with van der Waals surface area (Å²) < 4.78 is 69.5. The normalized spacial score (nSPS) is 20.8. The standard InChI is InChI=1S/C34H35F2N5O6S/c1-3-46-30-7-5-4-6-26(30)34(47-33(43)40-18-16-39(17-19-40)25-12-14-38(2)15-13-25)27-20-23(22-37)8-10-29(27)41(32(34)42)48(44,45)31-11-9-24(35)21-28(31)36/h4-11,20-21,25H,3,12-19H2,1-2H3. The van der Waals surface area contributed by atoms with Gasteiger partial charge in [0.1, 0.15) is 22.3 Å². The van der Waals surface area contributed by atoms with Crippen LogP contribution in [0, 0.1) is 23.0 Å². The molecule has 1 unspecified atom stereocenters. The van der Waals surface area contributed by atoms with E-state index in [0.717, 1.165) is 38.1 Å². The lowest BCUT2D eigenvalue weighted by atomic mass is 9.85. The summed E-state index contributed by atoms with van der Waals surface area (Å²) in [5.74, 6) is -3.54. The number of piperazine rings is 1. The number of hydrogen-bond acceptors (Lipinski definition) is 9. The van der Waals surface area contributed by atoms with E-state index in [2.05, 4.69) is 16.8 Å². The third-order valence-electron chi connectivity index (χ3n) is 9.21. The van der Waals surface area contributed by atoms with Gasteiger partial charge in [-0.2, -0.15) is 9.57 Å². The number of halogens is 2. The van der Waals surface area contributed by atoms with Crippen molar-refractivity contribution in [3.8, 4) is 11.8 Å². The van der Waals surface area contributed by atoms with Gasteiger partial charge in [0.2, 0.25) is 5.60 Å². The van der Waals surface area contributed by atoms with Gasteiger partial charge in [-0.1, -0.05) is 18.2 Å². The van der Waals surface area contributed by atoms with Crippen LogP contribution in [0.2, 0.25) is 0 Å². The van der Waals surface area contributed by atoms with Crippen LogP contribution >= 0.6 is 0 Å². The van der Waals surface area contributed by atoms with Crippen molar-refractivity contribution >= 4 is 27.7 Å². The largest absolute Gasteiger partial charge is 0.493 e. The quantitative estimate of drug-likeness (QED) is 0.364. The smallest absolute Gasteiger partial charge is 0.411 e. The Morgan fingerprint density at radius 1 is 0.979 bits per heavy atom. The fourth-order valence-corrected chi connectivity index (χ4v) is 8.24. The number of fused-ring (bicyclic) bond motifs is 1. The van der Waals surface area contributed by atoms with Crippen molar-refractivity contribution in [2.24, 2.45) is 0 Å². The molecule has 1 atom stereocenters. The minimum absolute atomic E-state index is 0.0174. The number of piperidine rings is 1. The van der Waals surface area contributed by atoms with Crippen molar-refractivity contribution in [2.45, 2.75) is 36.3 Å². The molecular formula is C34H35F2N5O6S. The van der Waals surface area contributed by atoms with Gasteiger partial charge in [-0.25, -0.2) is 22.0 Å². The number of likely N-dealkylation sites (tertiary alicyclic amines) is 1. The van der Waals surface area contributed by atoms with Gasteiger partial charge in [0, 0.05) is 43.9 Å². The average molecular weight is 680 g/mol. The summed E-state index contributed by atoms with van der Waals surface area (Å²) in [4.78, 5) is 34.1. The van der Waals surface area contributed by atoms with Gasteiger partial charge >= 0.3 is 6.09 Å². The number of hydrogen-bond donors (Lipinski definition) is 0. The maximum atomic E-state index is 15.0. The van der Waals surface area contributed by atoms with E-state index in [9.17, 15) is 27.7 Å². The van der Waals surface area contributed by atoms with Gasteiger partial charge in [-0.3, -0.25) is 9.69 Å². The zero-order valence-corrected chi connectivity index (χ0v) is 27.4. The molecule has 3 heterocycles. The second kappa shape index (κ2) is 13.1. The second-order valence-corrected chi connectivity index (χ2v) is 13.8. The summed E-state index contributed by atoms with van der Waals surface area (Å²) in [5, 5.41) is 9.81. The summed E-state index contributed by atoms with van der Waals surface area (Å²) in [7, 11) is -2.96. The van der Waals surface area contributed by atoms with Crippen LogP contribution in [-0.4, -0.2) is 94.1 Å². The highest BCUT2D eigenvalue weighted by atomic mass is 32.2. The number of nitrogens with zero attached hydrogens (tertiary/aromatic N) is 5. The van der Waals surface area contributed by atoms with E-state index in [4.69, 9.17) is 9.47 Å². The molecule has 3 aromatic rings. The Hall–Kier alpha value is -4.58. The molecular weight excluding hydrogens is 644 g/mol. The number of benzene rings is 3. The Morgan fingerprint density at radius 2 is 1.69 bits per heavy atom. The number of amides is 2. The number of carbonyl (C=O) groups is 2. The lowest BCUT2D eigenvalue weighted by Crippen LogP contribution is -2.55. The fourth-order valence-electron chi connectivity index (χ4n) is 6.73. The zero-order valence-electron chi connectivity index (χ0n) is 26.6. The number of nitriles is 1. The highest BCUT2D eigenvalue weighted by Gasteiger charge is 2.61. The Labute approximate surface area is 277 Å². The lowest BCUT2D eigenvalue weighted by molar-refractivity contribution is -0.132. The molecule has 0 N–H and O–H groups in total. The fraction of sp³-hybridized carbons (Fsp3) is 0.382. The minimum Gasteiger partial charge on any atom is -0.493 e. The number of ether oxygens (including phenoxy) is 2. The van der Waals surface area contributed by atoms with Crippen molar-refractivity contribution in [3.63, 3.8) is 0 Å². The van der Waals surface area contributed by atoms with Crippen LogP contribution in [-0.2, 0) is 25.2 Å². The molecule has 0 radical (unpaired) electrons. The highest BCUT2D eigenvalue weighted by molar-refractivity contribution is 7.93. The molecule has 48 heavy (non-hydrogen) atoms. The molecule has 3 aromatic carbocycles. The van der Waals surface area contributed by atoms with Crippen LogP contribution in [0.1, 0.15) is 36.5 Å². The van der Waals surface area contributed by atoms with Crippen LogP contribution in [0.5, 0.6) is 5.75 Å². The molecule has 3 aliphatic rings. The summed E-state index contributed by atoms with van der Waals surface area (Å²) >= 11 is 0. The van der Waals surface area contributed by atoms with Gasteiger partial charge < -0.3 is 19.3 Å². The van der Waals surface area contributed by atoms with Crippen molar-refractivity contribution in [1.29, 1.82) is 5.26 Å². The van der Waals surface area contributed by atoms with Crippen LogP contribution in [0.4, 0.5) is 19.3 Å². The van der Waals surface area contributed by atoms with Crippen LogP contribution in [0.3, 0.4) is 0 Å². The summed E-state index contributed by atoms with van der Waals surface area (Å²) in [5.41, 5.74) is -2.77. The average Bonchev–Trinajstić information content (AvgIpc) is 3.32. The van der Waals surface area contributed by atoms with E-state index in [0.29, 0.717) is 42.6 Å².